The highest BCUT2D eigenvalue weighted by atomic mass is 19.1. The van der Waals surface area contributed by atoms with Crippen molar-refractivity contribution in [2.24, 2.45) is 0 Å². The summed E-state index contributed by atoms with van der Waals surface area (Å²) in [5.41, 5.74) is 2.34. The highest BCUT2D eigenvalue weighted by Crippen LogP contribution is 2.35. The Bertz CT molecular complexity index is 872. The molecule has 2 N–H and O–H groups in total. The van der Waals surface area contributed by atoms with E-state index in [1.807, 2.05) is 24.1 Å². The van der Waals surface area contributed by atoms with Gasteiger partial charge >= 0.3 is 0 Å². The molecule has 2 bridgehead atoms. The Morgan fingerprint density at radius 3 is 2.83 bits per heavy atom. The van der Waals surface area contributed by atoms with Crippen molar-refractivity contribution < 1.29 is 14.2 Å². The second-order valence-electron chi connectivity index (χ2n) is 8.50. The topological polar surface area (TPSA) is 70.5 Å². The molecule has 1 aromatic heterocycles. The molecule has 154 valence electrons. The zero-order chi connectivity index (χ0) is 20.0. The maximum absolute atomic E-state index is 14.8. The number of anilines is 1. The fraction of sp³-hybridized carbons (Fsp3) is 0.545. The minimum atomic E-state index is -0.906. The van der Waals surface area contributed by atoms with E-state index in [0.29, 0.717) is 35.6 Å². The van der Waals surface area contributed by atoms with Crippen molar-refractivity contribution in [1.29, 1.82) is 0 Å². The highest BCUT2D eigenvalue weighted by molar-refractivity contribution is 5.67. The third-order valence-electron chi connectivity index (χ3n) is 6.75. The summed E-state index contributed by atoms with van der Waals surface area (Å²) < 4.78 is 20.3. The molecule has 0 radical (unpaired) electrons. The summed E-state index contributed by atoms with van der Waals surface area (Å²) in [6, 6.07) is 5.87. The van der Waals surface area contributed by atoms with Gasteiger partial charge < -0.3 is 20.1 Å². The van der Waals surface area contributed by atoms with Gasteiger partial charge in [-0.25, -0.2) is 9.37 Å². The average molecular weight is 398 g/mol. The first-order chi connectivity index (χ1) is 14.1. The van der Waals surface area contributed by atoms with Crippen LogP contribution >= 0.6 is 0 Å². The number of ether oxygens (including phenoxy) is 1. The standard InChI is InChI=1S/C22H27FN4O2/c1-27(19-9-15-3-5-17(26-15)22(19)23)21-11-24-18(10-25-21)16-4-2-13(8-20(16)28)14-6-7-29-12-14/h2,4,8,10-11,14-15,17,19,22,26,28H,3,5-7,9,12H2,1H3/t14-,15?,17?,19-,22+/m1/s1. The lowest BCUT2D eigenvalue weighted by atomic mass is 9.96. The molecular weight excluding hydrogens is 371 g/mol. The number of phenolic OH excluding ortho intramolecular Hbond substituents is 1. The molecule has 7 heteroatoms. The summed E-state index contributed by atoms with van der Waals surface area (Å²) >= 11 is 0. The van der Waals surface area contributed by atoms with Gasteiger partial charge in [0, 0.05) is 37.2 Å². The number of benzene rings is 1. The van der Waals surface area contributed by atoms with Crippen molar-refractivity contribution in [1.82, 2.24) is 15.3 Å². The van der Waals surface area contributed by atoms with Crippen LogP contribution in [0.15, 0.2) is 30.6 Å². The van der Waals surface area contributed by atoms with Gasteiger partial charge in [0.1, 0.15) is 17.7 Å². The van der Waals surface area contributed by atoms with Crippen molar-refractivity contribution in [3.05, 3.63) is 36.2 Å². The van der Waals surface area contributed by atoms with Crippen LogP contribution in [0.2, 0.25) is 0 Å². The average Bonchev–Trinajstić information content (AvgIpc) is 3.41. The number of piperidine rings is 1. The van der Waals surface area contributed by atoms with Crippen LogP contribution in [0, 0.1) is 0 Å². The summed E-state index contributed by atoms with van der Waals surface area (Å²) in [5, 5.41) is 13.9. The van der Waals surface area contributed by atoms with E-state index in [1.165, 1.54) is 0 Å². The molecular formula is C22H27FN4O2. The SMILES string of the molecule is CN(c1cnc(-c2ccc([C@@H]3CCOC3)cc2O)cn1)[C@@H]1CC2CCC(N2)[C@@H]1F. The number of aromatic nitrogens is 2. The second-order valence-corrected chi connectivity index (χ2v) is 8.50. The van der Waals surface area contributed by atoms with Crippen LogP contribution in [0.1, 0.15) is 37.2 Å². The van der Waals surface area contributed by atoms with E-state index in [0.717, 1.165) is 37.9 Å². The highest BCUT2D eigenvalue weighted by Gasteiger charge is 2.43. The van der Waals surface area contributed by atoms with Crippen LogP contribution in [0.25, 0.3) is 11.3 Å². The Kier molecular flexibility index (Phi) is 4.87. The lowest BCUT2D eigenvalue weighted by Crippen LogP contribution is -2.55. The van der Waals surface area contributed by atoms with Gasteiger partial charge in [-0.3, -0.25) is 4.98 Å². The first-order valence-electron chi connectivity index (χ1n) is 10.5. The second kappa shape index (κ2) is 7.54. The summed E-state index contributed by atoms with van der Waals surface area (Å²) in [4.78, 5) is 10.9. The van der Waals surface area contributed by atoms with Crippen LogP contribution in [0.3, 0.4) is 0 Å². The molecule has 3 fully saturated rings. The first-order valence-corrected chi connectivity index (χ1v) is 10.5. The largest absolute Gasteiger partial charge is 0.507 e. The van der Waals surface area contributed by atoms with Crippen LogP contribution in [0.4, 0.5) is 10.2 Å². The van der Waals surface area contributed by atoms with Crippen molar-refractivity contribution in [2.45, 2.75) is 55.9 Å². The van der Waals surface area contributed by atoms with Crippen molar-refractivity contribution in [3.8, 4) is 17.0 Å². The predicted octanol–water partition coefficient (Wildman–Crippen LogP) is 3.02. The molecule has 0 amide bonds. The molecule has 3 aliphatic heterocycles. The quantitative estimate of drug-likeness (QED) is 0.825. The summed E-state index contributed by atoms with van der Waals surface area (Å²) in [6.07, 6.45) is 6.13. The Balaban J connectivity index is 1.33. The van der Waals surface area contributed by atoms with E-state index in [4.69, 9.17) is 4.74 Å². The van der Waals surface area contributed by atoms with Gasteiger partial charge in [-0.05, 0) is 43.4 Å². The first kappa shape index (κ1) is 18.8. The Hall–Kier alpha value is -2.25. The lowest BCUT2D eigenvalue weighted by Gasteiger charge is -2.38. The number of fused-ring (bicyclic) bond motifs is 2. The van der Waals surface area contributed by atoms with Gasteiger partial charge in [0.25, 0.3) is 0 Å². The minimum absolute atomic E-state index is 0.0471. The smallest absolute Gasteiger partial charge is 0.147 e. The molecule has 0 aliphatic carbocycles. The summed E-state index contributed by atoms with van der Waals surface area (Å²) in [7, 11) is 1.89. The van der Waals surface area contributed by atoms with E-state index >= 15 is 0 Å². The van der Waals surface area contributed by atoms with E-state index in [9.17, 15) is 9.50 Å². The molecule has 3 aliphatic rings. The van der Waals surface area contributed by atoms with E-state index < -0.39 is 6.17 Å². The zero-order valence-corrected chi connectivity index (χ0v) is 16.6. The van der Waals surface area contributed by atoms with E-state index in [1.54, 1.807) is 18.5 Å². The number of hydrogen-bond donors (Lipinski definition) is 2. The third kappa shape index (κ3) is 3.46. The third-order valence-corrected chi connectivity index (χ3v) is 6.75. The van der Waals surface area contributed by atoms with Gasteiger partial charge in [0.15, 0.2) is 0 Å². The molecule has 1 aromatic carbocycles. The number of nitrogens with zero attached hydrogens (tertiary/aromatic N) is 3. The summed E-state index contributed by atoms with van der Waals surface area (Å²) in [6.45, 7) is 1.47. The fourth-order valence-corrected chi connectivity index (χ4v) is 4.98. The zero-order valence-electron chi connectivity index (χ0n) is 16.6. The van der Waals surface area contributed by atoms with Crippen LogP contribution < -0.4 is 10.2 Å². The van der Waals surface area contributed by atoms with Crippen LogP contribution in [0.5, 0.6) is 5.75 Å². The van der Waals surface area contributed by atoms with Gasteiger partial charge in [-0.15, -0.1) is 0 Å². The number of phenols is 1. The van der Waals surface area contributed by atoms with Crippen molar-refractivity contribution >= 4 is 5.82 Å². The van der Waals surface area contributed by atoms with Gasteiger partial charge in [-0.2, -0.15) is 0 Å². The molecule has 6 nitrogen and oxygen atoms in total. The Morgan fingerprint density at radius 2 is 2.10 bits per heavy atom. The lowest BCUT2D eigenvalue weighted by molar-refractivity contribution is 0.176. The molecule has 0 saturated carbocycles. The molecule has 3 saturated heterocycles. The molecule has 0 spiro atoms. The van der Waals surface area contributed by atoms with Gasteiger partial charge in [-0.1, -0.05) is 6.07 Å². The molecule has 2 unspecified atom stereocenters. The number of alkyl halides is 1. The van der Waals surface area contributed by atoms with Crippen LogP contribution in [-0.4, -0.2) is 59.6 Å². The molecule has 4 heterocycles. The Labute approximate surface area is 170 Å². The molecule has 5 atom stereocenters. The number of hydrogen-bond acceptors (Lipinski definition) is 6. The van der Waals surface area contributed by atoms with Gasteiger partial charge in [0.05, 0.1) is 30.7 Å². The normalized spacial score (nSPS) is 31.2. The fourth-order valence-electron chi connectivity index (χ4n) is 4.98. The summed E-state index contributed by atoms with van der Waals surface area (Å²) in [5.74, 6) is 1.19. The monoisotopic (exact) mass is 398 g/mol. The molecule has 2 aromatic rings. The minimum Gasteiger partial charge on any atom is -0.507 e. The number of aromatic hydroxyl groups is 1. The number of nitrogens with one attached hydrogen (secondary N) is 1. The van der Waals surface area contributed by atoms with Gasteiger partial charge in [0.2, 0.25) is 0 Å². The van der Waals surface area contributed by atoms with E-state index in [2.05, 4.69) is 15.3 Å². The maximum atomic E-state index is 14.8. The molecule has 29 heavy (non-hydrogen) atoms. The Morgan fingerprint density at radius 1 is 1.21 bits per heavy atom. The van der Waals surface area contributed by atoms with Crippen molar-refractivity contribution in [2.75, 3.05) is 25.2 Å². The predicted molar refractivity (Wildman–Crippen MR) is 109 cm³/mol. The molecule has 5 rings (SSSR count). The number of rotatable bonds is 4. The number of halogens is 1. The maximum Gasteiger partial charge on any atom is 0.147 e. The van der Waals surface area contributed by atoms with Crippen molar-refractivity contribution in [3.63, 3.8) is 0 Å². The van der Waals surface area contributed by atoms with Crippen LogP contribution in [-0.2, 0) is 4.74 Å². The van der Waals surface area contributed by atoms with E-state index in [-0.39, 0.29) is 17.8 Å².